The average molecular weight is 433 g/mol. The fraction of sp³-hybridized carbons (Fsp3) is 0.231. The van der Waals surface area contributed by atoms with Gasteiger partial charge in [0.1, 0.15) is 0 Å². The Balaban J connectivity index is 1.65. The molecule has 0 saturated carbocycles. The van der Waals surface area contributed by atoms with Gasteiger partial charge < -0.3 is 10.6 Å². The zero-order valence-corrected chi connectivity index (χ0v) is 19.2. The molecule has 2 amide bonds. The van der Waals surface area contributed by atoms with Crippen LogP contribution in [0.15, 0.2) is 71.6 Å². The molecule has 0 spiro atoms. The maximum absolute atomic E-state index is 12.8. The molecule has 1 unspecified atom stereocenters. The molecule has 0 bridgehead atoms. The molecule has 1 atom stereocenters. The van der Waals surface area contributed by atoms with E-state index in [2.05, 4.69) is 17.6 Å². The first-order valence-corrected chi connectivity index (χ1v) is 11.3. The van der Waals surface area contributed by atoms with Crippen molar-refractivity contribution in [3.63, 3.8) is 0 Å². The fourth-order valence-electron chi connectivity index (χ4n) is 3.24. The lowest BCUT2D eigenvalue weighted by Gasteiger charge is -2.16. The van der Waals surface area contributed by atoms with E-state index < -0.39 is 0 Å². The summed E-state index contributed by atoms with van der Waals surface area (Å²) in [5.74, 6) is -0.192. The second-order valence-corrected chi connectivity index (χ2v) is 8.97. The lowest BCUT2D eigenvalue weighted by atomic mass is 10.1. The molecule has 5 heteroatoms. The van der Waals surface area contributed by atoms with Crippen LogP contribution in [0, 0.1) is 13.8 Å². The average Bonchev–Trinajstić information content (AvgIpc) is 2.75. The van der Waals surface area contributed by atoms with E-state index in [4.69, 9.17) is 0 Å². The largest absolute Gasteiger partial charge is 0.325 e. The van der Waals surface area contributed by atoms with Crippen LogP contribution in [-0.2, 0) is 11.2 Å². The number of amides is 2. The summed E-state index contributed by atoms with van der Waals surface area (Å²) >= 11 is 1.47. The molecule has 3 rings (SSSR count). The standard InChI is InChI=1S/C26H28N2O2S/c1-5-20-9-6-8-18(3)24(20)28-25(29)19(4)31-23-11-7-10-22(16-23)27-26(30)21-14-12-17(2)13-15-21/h6-16,19H,5H2,1-4H3,(H,27,30)(H,28,29). The van der Waals surface area contributed by atoms with Crippen LogP contribution in [0.3, 0.4) is 0 Å². The van der Waals surface area contributed by atoms with Crippen molar-refractivity contribution < 1.29 is 9.59 Å². The Bertz CT molecular complexity index is 1080. The van der Waals surface area contributed by atoms with Gasteiger partial charge >= 0.3 is 0 Å². The van der Waals surface area contributed by atoms with Gasteiger partial charge in [-0.2, -0.15) is 0 Å². The van der Waals surface area contributed by atoms with E-state index >= 15 is 0 Å². The Hall–Kier alpha value is -3.05. The van der Waals surface area contributed by atoms with E-state index in [1.165, 1.54) is 11.8 Å². The maximum Gasteiger partial charge on any atom is 0.255 e. The van der Waals surface area contributed by atoms with Crippen LogP contribution >= 0.6 is 11.8 Å². The van der Waals surface area contributed by atoms with Crippen LogP contribution in [0.25, 0.3) is 0 Å². The monoisotopic (exact) mass is 432 g/mol. The summed E-state index contributed by atoms with van der Waals surface area (Å²) < 4.78 is 0. The van der Waals surface area contributed by atoms with E-state index in [9.17, 15) is 9.59 Å². The second-order valence-electron chi connectivity index (χ2n) is 7.56. The number of thioether (sulfide) groups is 1. The van der Waals surface area contributed by atoms with Crippen molar-refractivity contribution in [2.24, 2.45) is 0 Å². The highest BCUT2D eigenvalue weighted by Gasteiger charge is 2.17. The van der Waals surface area contributed by atoms with Crippen molar-refractivity contribution in [1.82, 2.24) is 0 Å². The third-order valence-electron chi connectivity index (χ3n) is 5.08. The highest BCUT2D eigenvalue weighted by atomic mass is 32.2. The zero-order valence-electron chi connectivity index (χ0n) is 18.4. The topological polar surface area (TPSA) is 58.2 Å². The molecule has 31 heavy (non-hydrogen) atoms. The normalized spacial score (nSPS) is 11.6. The highest BCUT2D eigenvalue weighted by molar-refractivity contribution is 8.00. The predicted molar refractivity (Wildman–Crippen MR) is 130 cm³/mol. The van der Waals surface area contributed by atoms with E-state index in [0.29, 0.717) is 11.3 Å². The number of rotatable bonds is 7. The summed E-state index contributed by atoms with van der Waals surface area (Å²) in [5, 5.41) is 5.74. The number of hydrogen-bond acceptors (Lipinski definition) is 3. The first-order chi connectivity index (χ1) is 14.9. The summed E-state index contributed by atoms with van der Waals surface area (Å²) in [6.45, 7) is 7.97. The summed E-state index contributed by atoms with van der Waals surface area (Å²) in [6, 6.07) is 21.1. The number of para-hydroxylation sites is 1. The minimum Gasteiger partial charge on any atom is -0.325 e. The van der Waals surface area contributed by atoms with Crippen molar-refractivity contribution >= 4 is 35.0 Å². The Labute approximate surface area is 188 Å². The fourth-order valence-corrected chi connectivity index (χ4v) is 4.17. The van der Waals surface area contributed by atoms with Crippen LogP contribution in [0.5, 0.6) is 0 Å². The number of aryl methyl sites for hydroxylation is 3. The highest BCUT2D eigenvalue weighted by Crippen LogP contribution is 2.28. The molecular weight excluding hydrogens is 404 g/mol. The van der Waals surface area contributed by atoms with Crippen molar-refractivity contribution in [2.45, 2.75) is 44.3 Å². The summed E-state index contributed by atoms with van der Waals surface area (Å²) in [5.41, 5.74) is 5.52. The van der Waals surface area contributed by atoms with Gasteiger partial charge in [-0.25, -0.2) is 0 Å². The molecule has 0 heterocycles. The summed E-state index contributed by atoms with van der Waals surface area (Å²) in [6.07, 6.45) is 0.863. The Morgan fingerprint density at radius 2 is 1.65 bits per heavy atom. The summed E-state index contributed by atoms with van der Waals surface area (Å²) in [4.78, 5) is 26.2. The van der Waals surface area contributed by atoms with Gasteiger partial charge in [0, 0.05) is 21.8 Å². The van der Waals surface area contributed by atoms with Gasteiger partial charge in [0.2, 0.25) is 5.91 Å². The number of hydrogen-bond donors (Lipinski definition) is 2. The van der Waals surface area contributed by atoms with Gasteiger partial charge in [-0.05, 0) is 68.7 Å². The number of benzene rings is 3. The number of carbonyl (C=O) groups is 2. The number of nitrogens with one attached hydrogen (secondary N) is 2. The molecule has 0 saturated heterocycles. The molecular formula is C26H28N2O2S. The number of carbonyl (C=O) groups excluding carboxylic acids is 2. The van der Waals surface area contributed by atoms with Gasteiger partial charge in [0.15, 0.2) is 0 Å². The smallest absolute Gasteiger partial charge is 0.255 e. The third kappa shape index (κ3) is 5.98. The molecule has 2 N–H and O–H groups in total. The van der Waals surface area contributed by atoms with Crippen molar-refractivity contribution in [3.8, 4) is 0 Å². The second kappa shape index (κ2) is 10.3. The molecule has 0 aromatic heterocycles. The molecule has 3 aromatic carbocycles. The van der Waals surface area contributed by atoms with Crippen molar-refractivity contribution in [1.29, 1.82) is 0 Å². The Morgan fingerprint density at radius 1 is 0.935 bits per heavy atom. The van der Waals surface area contributed by atoms with Crippen molar-refractivity contribution in [2.75, 3.05) is 10.6 Å². The molecule has 3 aromatic rings. The van der Waals surface area contributed by atoms with Gasteiger partial charge in [0.05, 0.1) is 5.25 Å². The molecule has 0 fully saturated rings. The Kier molecular flexibility index (Phi) is 7.53. The summed E-state index contributed by atoms with van der Waals surface area (Å²) in [7, 11) is 0. The predicted octanol–water partition coefficient (Wildman–Crippen LogP) is 6.24. The van der Waals surface area contributed by atoms with Crippen LogP contribution < -0.4 is 10.6 Å². The van der Waals surface area contributed by atoms with Gasteiger partial charge in [-0.1, -0.05) is 48.9 Å². The minimum atomic E-state index is -0.285. The van der Waals surface area contributed by atoms with Crippen LogP contribution in [0.4, 0.5) is 11.4 Å². The van der Waals surface area contributed by atoms with E-state index in [-0.39, 0.29) is 17.1 Å². The Morgan fingerprint density at radius 3 is 2.35 bits per heavy atom. The van der Waals surface area contributed by atoms with Gasteiger partial charge in [0.25, 0.3) is 5.91 Å². The minimum absolute atomic E-state index is 0.0388. The lowest BCUT2D eigenvalue weighted by Crippen LogP contribution is -2.23. The van der Waals surface area contributed by atoms with Crippen LogP contribution in [0.1, 0.15) is 40.9 Å². The van der Waals surface area contributed by atoms with E-state index in [1.54, 1.807) is 0 Å². The lowest BCUT2D eigenvalue weighted by molar-refractivity contribution is -0.115. The molecule has 0 radical (unpaired) electrons. The SMILES string of the molecule is CCc1cccc(C)c1NC(=O)C(C)Sc1cccc(NC(=O)c2ccc(C)cc2)c1. The number of anilines is 2. The van der Waals surface area contributed by atoms with E-state index in [1.807, 2.05) is 87.5 Å². The van der Waals surface area contributed by atoms with Gasteiger partial charge in [-0.3, -0.25) is 9.59 Å². The maximum atomic E-state index is 12.8. The molecule has 4 nitrogen and oxygen atoms in total. The first kappa shape index (κ1) is 22.6. The molecule has 0 aliphatic carbocycles. The zero-order chi connectivity index (χ0) is 22.4. The molecule has 0 aliphatic heterocycles. The van der Waals surface area contributed by atoms with Crippen molar-refractivity contribution in [3.05, 3.63) is 89.0 Å². The molecule has 0 aliphatic rings. The van der Waals surface area contributed by atoms with Crippen LogP contribution in [0.2, 0.25) is 0 Å². The van der Waals surface area contributed by atoms with Gasteiger partial charge in [-0.15, -0.1) is 11.8 Å². The van der Waals surface area contributed by atoms with Crippen LogP contribution in [-0.4, -0.2) is 17.1 Å². The third-order valence-corrected chi connectivity index (χ3v) is 6.17. The first-order valence-electron chi connectivity index (χ1n) is 10.4. The molecule has 160 valence electrons. The van der Waals surface area contributed by atoms with E-state index in [0.717, 1.165) is 33.7 Å². The quantitative estimate of drug-likeness (QED) is 0.435.